The van der Waals surface area contributed by atoms with Crippen LogP contribution in [-0.2, 0) is 9.59 Å². The van der Waals surface area contributed by atoms with Crippen LogP contribution in [0.15, 0.2) is 0 Å². The van der Waals surface area contributed by atoms with Crippen molar-refractivity contribution in [3.63, 3.8) is 0 Å². The van der Waals surface area contributed by atoms with Crippen molar-refractivity contribution in [3.8, 4) is 6.07 Å². The number of piperidine rings is 1. The third-order valence-corrected chi connectivity index (χ3v) is 5.04. The Kier molecular flexibility index (Phi) is 6.00. The summed E-state index contributed by atoms with van der Waals surface area (Å²) < 4.78 is 0. The van der Waals surface area contributed by atoms with E-state index < -0.39 is 5.54 Å². The maximum atomic E-state index is 12.3. The summed E-state index contributed by atoms with van der Waals surface area (Å²) >= 11 is 0. The van der Waals surface area contributed by atoms with Crippen LogP contribution >= 0.6 is 0 Å². The summed E-state index contributed by atoms with van der Waals surface area (Å²) in [6.45, 7) is 1.85. The van der Waals surface area contributed by atoms with Crippen LogP contribution in [0.4, 0.5) is 0 Å². The zero-order valence-electron chi connectivity index (χ0n) is 14.3. The molecule has 0 aromatic rings. The second kappa shape index (κ2) is 7.78. The maximum absolute atomic E-state index is 12.3. The van der Waals surface area contributed by atoms with Crippen LogP contribution in [0.25, 0.3) is 0 Å². The van der Waals surface area contributed by atoms with Gasteiger partial charge in [-0.05, 0) is 38.8 Å². The number of carbonyl (C=O) groups excluding carboxylic acids is 2. The molecule has 1 heterocycles. The minimum atomic E-state index is -0.658. The van der Waals surface area contributed by atoms with Gasteiger partial charge in [0, 0.05) is 20.0 Å². The summed E-state index contributed by atoms with van der Waals surface area (Å²) in [7, 11) is 3.57. The Labute approximate surface area is 138 Å². The van der Waals surface area contributed by atoms with Crippen molar-refractivity contribution in [3.05, 3.63) is 0 Å². The van der Waals surface area contributed by atoms with Gasteiger partial charge >= 0.3 is 0 Å². The molecule has 1 saturated heterocycles. The van der Waals surface area contributed by atoms with Crippen molar-refractivity contribution in [2.75, 3.05) is 33.7 Å². The van der Waals surface area contributed by atoms with Crippen molar-refractivity contribution in [1.29, 1.82) is 5.26 Å². The molecule has 0 bridgehead atoms. The lowest BCUT2D eigenvalue weighted by Crippen LogP contribution is -2.52. The molecule has 0 radical (unpaired) electrons. The van der Waals surface area contributed by atoms with Crippen LogP contribution < -0.4 is 5.32 Å². The minimum absolute atomic E-state index is 0.0640. The molecule has 128 valence electrons. The van der Waals surface area contributed by atoms with E-state index in [-0.39, 0.29) is 17.7 Å². The summed E-state index contributed by atoms with van der Waals surface area (Å²) in [5.74, 6) is 0.193. The van der Waals surface area contributed by atoms with Crippen LogP contribution in [0, 0.1) is 17.2 Å². The highest BCUT2D eigenvalue weighted by molar-refractivity contribution is 5.80. The van der Waals surface area contributed by atoms with Gasteiger partial charge in [-0.25, -0.2) is 0 Å². The smallest absolute Gasteiger partial charge is 0.235 e. The molecule has 6 nitrogen and oxygen atoms in total. The van der Waals surface area contributed by atoms with Gasteiger partial charge in [0.1, 0.15) is 5.54 Å². The van der Waals surface area contributed by atoms with E-state index in [0.29, 0.717) is 6.54 Å². The highest BCUT2D eigenvalue weighted by Crippen LogP contribution is 2.27. The van der Waals surface area contributed by atoms with Crippen molar-refractivity contribution in [2.45, 2.75) is 50.5 Å². The number of hydrogen-bond donors (Lipinski definition) is 1. The summed E-state index contributed by atoms with van der Waals surface area (Å²) in [6.07, 6.45) is 6.27. The Morgan fingerprint density at radius 2 is 1.83 bits per heavy atom. The van der Waals surface area contributed by atoms with Crippen molar-refractivity contribution in [2.24, 2.45) is 5.92 Å². The molecule has 0 unspecified atom stereocenters. The largest absolute Gasteiger partial charge is 0.349 e. The van der Waals surface area contributed by atoms with E-state index in [1.807, 2.05) is 0 Å². The molecule has 2 fully saturated rings. The van der Waals surface area contributed by atoms with Gasteiger partial charge in [-0.2, -0.15) is 5.26 Å². The quantitative estimate of drug-likeness (QED) is 0.842. The first-order chi connectivity index (χ1) is 11.0. The molecule has 1 N–H and O–H groups in total. The molecular weight excluding hydrogens is 292 g/mol. The Hall–Kier alpha value is -1.61. The Morgan fingerprint density at radius 3 is 2.35 bits per heavy atom. The van der Waals surface area contributed by atoms with Crippen LogP contribution in [-0.4, -0.2) is 60.9 Å². The first-order valence-corrected chi connectivity index (χ1v) is 8.61. The second-order valence-corrected chi connectivity index (χ2v) is 7.09. The summed E-state index contributed by atoms with van der Waals surface area (Å²) in [4.78, 5) is 28.0. The second-order valence-electron chi connectivity index (χ2n) is 7.09. The van der Waals surface area contributed by atoms with E-state index >= 15 is 0 Å². The Balaban J connectivity index is 1.79. The third-order valence-electron chi connectivity index (χ3n) is 5.04. The Bertz CT molecular complexity index is 469. The lowest BCUT2D eigenvalue weighted by molar-refractivity contribution is -0.134. The molecule has 0 spiro atoms. The van der Waals surface area contributed by atoms with Crippen molar-refractivity contribution in [1.82, 2.24) is 15.1 Å². The van der Waals surface area contributed by atoms with E-state index in [9.17, 15) is 14.9 Å². The first-order valence-electron chi connectivity index (χ1n) is 8.61. The molecule has 1 aliphatic carbocycles. The van der Waals surface area contributed by atoms with Gasteiger partial charge < -0.3 is 10.2 Å². The third kappa shape index (κ3) is 4.68. The normalized spacial score (nSPS) is 22.1. The van der Waals surface area contributed by atoms with Gasteiger partial charge in [-0.15, -0.1) is 0 Å². The number of nitrogens with zero attached hydrogens (tertiary/aromatic N) is 3. The van der Waals surface area contributed by atoms with Gasteiger partial charge in [0.25, 0.3) is 0 Å². The molecule has 2 rings (SSSR count). The van der Waals surface area contributed by atoms with Crippen LogP contribution in [0.3, 0.4) is 0 Å². The number of carbonyl (C=O) groups is 2. The SMILES string of the molecule is CN(C)C(=O)C1CCN(CC(=O)NC2(C#N)CCCCC2)CC1. The van der Waals surface area contributed by atoms with Crippen LogP contribution in [0.2, 0.25) is 0 Å². The van der Waals surface area contributed by atoms with E-state index in [1.54, 1.807) is 19.0 Å². The maximum Gasteiger partial charge on any atom is 0.235 e. The number of nitrogens with one attached hydrogen (secondary N) is 1. The number of amides is 2. The fraction of sp³-hybridized carbons (Fsp3) is 0.824. The molecule has 0 aromatic heterocycles. The Morgan fingerprint density at radius 1 is 1.22 bits per heavy atom. The fourth-order valence-electron chi connectivity index (χ4n) is 3.63. The van der Waals surface area contributed by atoms with Gasteiger partial charge in [0.05, 0.1) is 12.6 Å². The lowest BCUT2D eigenvalue weighted by atomic mass is 9.83. The van der Waals surface area contributed by atoms with Gasteiger partial charge in [0.2, 0.25) is 11.8 Å². The van der Waals surface area contributed by atoms with Gasteiger partial charge in [-0.1, -0.05) is 19.3 Å². The van der Waals surface area contributed by atoms with E-state index in [1.165, 1.54) is 0 Å². The van der Waals surface area contributed by atoms with Crippen LogP contribution in [0.1, 0.15) is 44.9 Å². The fourth-order valence-corrected chi connectivity index (χ4v) is 3.63. The minimum Gasteiger partial charge on any atom is -0.349 e. The molecule has 0 aromatic carbocycles. The lowest BCUT2D eigenvalue weighted by Gasteiger charge is -2.34. The average Bonchev–Trinajstić information content (AvgIpc) is 2.55. The highest BCUT2D eigenvalue weighted by Gasteiger charge is 2.34. The average molecular weight is 320 g/mol. The van der Waals surface area contributed by atoms with Crippen molar-refractivity contribution >= 4 is 11.8 Å². The zero-order chi connectivity index (χ0) is 16.9. The van der Waals surface area contributed by atoms with E-state index in [2.05, 4.69) is 16.3 Å². The standard InChI is InChI=1S/C17H28N4O2/c1-20(2)16(23)14-6-10-21(11-7-14)12-15(22)19-17(13-18)8-4-3-5-9-17/h14H,3-12H2,1-2H3,(H,19,22). The van der Waals surface area contributed by atoms with E-state index in [4.69, 9.17) is 0 Å². The molecule has 23 heavy (non-hydrogen) atoms. The summed E-state index contributed by atoms with van der Waals surface area (Å²) in [5.41, 5.74) is -0.658. The predicted molar refractivity (Wildman–Crippen MR) is 87.4 cm³/mol. The number of likely N-dealkylation sites (tertiary alicyclic amines) is 1. The van der Waals surface area contributed by atoms with Crippen LogP contribution in [0.5, 0.6) is 0 Å². The topological polar surface area (TPSA) is 76.4 Å². The molecule has 2 amide bonds. The molecule has 1 aliphatic heterocycles. The zero-order valence-corrected chi connectivity index (χ0v) is 14.3. The summed E-state index contributed by atoms with van der Waals surface area (Å²) in [5, 5.41) is 12.4. The monoisotopic (exact) mass is 320 g/mol. The summed E-state index contributed by atoms with van der Waals surface area (Å²) in [6, 6.07) is 2.32. The number of rotatable bonds is 4. The molecular formula is C17H28N4O2. The molecule has 1 saturated carbocycles. The molecule has 0 atom stereocenters. The first kappa shape index (κ1) is 17.7. The predicted octanol–water partition coefficient (Wildman–Crippen LogP) is 1.13. The molecule has 6 heteroatoms. The van der Waals surface area contributed by atoms with Crippen molar-refractivity contribution < 1.29 is 9.59 Å². The molecule has 2 aliphatic rings. The van der Waals surface area contributed by atoms with Gasteiger partial charge in [0.15, 0.2) is 0 Å². The van der Waals surface area contributed by atoms with E-state index in [0.717, 1.165) is 58.0 Å². The highest BCUT2D eigenvalue weighted by atomic mass is 16.2. The number of hydrogen-bond acceptors (Lipinski definition) is 4. The van der Waals surface area contributed by atoms with Gasteiger partial charge in [-0.3, -0.25) is 14.5 Å². The number of nitriles is 1.